The Hall–Kier alpha value is -0.980. The van der Waals surface area contributed by atoms with Crippen molar-refractivity contribution >= 4 is 21.8 Å². The second kappa shape index (κ2) is 5.79. The third-order valence-corrected chi connectivity index (χ3v) is 4.75. The van der Waals surface area contributed by atoms with Crippen molar-refractivity contribution in [3.63, 3.8) is 0 Å². The Balaban J connectivity index is 1.75. The minimum Gasteiger partial charge on any atom is -0.375 e. The number of halogens is 1. The van der Waals surface area contributed by atoms with E-state index in [9.17, 15) is 4.79 Å². The maximum atomic E-state index is 12.6. The molecule has 2 saturated heterocycles. The number of ether oxygens (including phenoxy) is 1. The molecule has 0 saturated carbocycles. The summed E-state index contributed by atoms with van der Waals surface area (Å²) in [4.78, 5) is 21.0. The standard InChI is InChI=1S/C14H18BrN3O2/c1-17-7-8-20-12-4-6-18(9-11(12)17)14(19)13-10(15)3-2-5-16-13/h2-3,5,11-12H,4,6-9H2,1H3/t11-,12-/m0/s1. The van der Waals surface area contributed by atoms with Crippen molar-refractivity contribution in [2.24, 2.45) is 0 Å². The van der Waals surface area contributed by atoms with E-state index < -0.39 is 0 Å². The second-order valence-electron chi connectivity index (χ2n) is 5.33. The van der Waals surface area contributed by atoms with Gasteiger partial charge in [0, 0.05) is 30.3 Å². The van der Waals surface area contributed by atoms with Crippen molar-refractivity contribution in [1.29, 1.82) is 0 Å². The van der Waals surface area contributed by atoms with Crippen LogP contribution in [0.1, 0.15) is 16.9 Å². The van der Waals surface area contributed by atoms with Gasteiger partial charge in [-0.25, -0.2) is 4.98 Å². The highest BCUT2D eigenvalue weighted by Crippen LogP contribution is 2.24. The Morgan fingerprint density at radius 3 is 3.15 bits per heavy atom. The molecule has 3 heterocycles. The SMILES string of the molecule is CN1CCO[C@H]2CCN(C(=O)c3ncccc3Br)C[C@@H]21. The van der Waals surface area contributed by atoms with Crippen LogP contribution in [0.4, 0.5) is 0 Å². The lowest BCUT2D eigenvalue weighted by atomic mass is 9.99. The molecule has 0 spiro atoms. The molecule has 20 heavy (non-hydrogen) atoms. The topological polar surface area (TPSA) is 45.7 Å². The third kappa shape index (κ3) is 2.60. The summed E-state index contributed by atoms with van der Waals surface area (Å²) in [7, 11) is 2.10. The Morgan fingerprint density at radius 2 is 2.35 bits per heavy atom. The van der Waals surface area contributed by atoms with Crippen LogP contribution in [0.25, 0.3) is 0 Å². The van der Waals surface area contributed by atoms with Crippen LogP contribution in [0.2, 0.25) is 0 Å². The molecule has 2 aliphatic rings. The van der Waals surface area contributed by atoms with Gasteiger partial charge in [0.05, 0.1) is 18.8 Å². The molecule has 108 valence electrons. The van der Waals surface area contributed by atoms with Crippen LogP contribution < -0.4 is 0 Å². The minimum absolute atomic E-state index is 0.00472. The molecule has 0 aromatic carbocycles. The van der Waals surface area contributed by atoms with Gasteiger partial charge in [0.25, 0.3) is 5.91 Å². The first-order chi connectivity index (χ1) is 9.66. The van der Waals surface area contributed by atoms with Crippen molar-refractivity contribution in [2.75, 3.05) is 33.3 Å². The van der Waals surface area contributed by atoms with E-state index >= 15 is 0 Å². The highest BCUT2D eigenvalue weighted by Gasteiger charge is 2.37. The molecule has 0 aliphatic carbocycles. The number of hydrogen-bond donors (Lipinski definition) is 0. The van der Waals surface area contributed by atoms with Crippen LogP contribution in [-0.4, -0.2) is 66.1 Å². The summed E-state index contributed by atoms with van der Waals surface area (Å²) in [5.74, 6) is -0.00472. The predicted octanol–water partition coefficient (Wildman–Crippen LogP) is 1.39. The van der Waals surface area contributed by atoms with E-state index in [1.54, 1.807) is 6.20 Å². The van der Waals surface area contributed by atoms with E-state index in [0.29, 0.717) is 18.3 Å². The summed E-state index contributed by atoms with van der Waals surface area (Å²) in [6.45, 7) is 3.16. The quantitative estimate of drug-likeness (QED) is 0.775. The number of carbonyl (C=O) groups is 1. The molecule has 0 unspecified atom stereocenters. The molecular weight excluding hydrogens is 322 g/mol. The lowest BCUT2D eigenvalue weighted by Crippen LogP contribution is -2.59. The van der Waals surface area contributed by atoms with E-state index in [4.69, 9.17) is 4.74 Å². The molecule has 2 atom stereocenters. The van der Waals surface area contributed by atoms with Crippen LogP contribution >= 0.6 is 15.9 Å². The lowest BCUT2D eigenvalue weighted by Gasteiger charge is -2.45. The first kappa shape index (κ1) is 14.0. The Kier molecular flexibility index (Phi) is 4.05. The van der Waals surface area contributed by atoms with Gasteiger partial charge in [0.15, 0.2) is 0 Å². The fourth-order valence-electron chi connectivity index (χ4n) is 2.92. The highest BCUT2D eigenvalue weighted by atomic mass is 79.9. The number of likely N-dealkylation sites (N-methyl/N-ethyl adjacent to an activating group) is 1. The third-order valence-electron chi connectivity index (χ3n) is 4.11. The zero-order valence-electron chi connectivity index (χ0n) is 11.5. The van der Waals surface area contributed by atoms with Gasteiger partial charge in [-0.2, -0.15) is 0 Å². The first-order valence-electron chi connectivity index (χ1n) is 6.88. The summed E-state index contributed by atoms with van der Waals surface area (Å²) < 4.78 is 6.56. The van der Waals surface area contributed by atoms with Gasteiger partial charge in [-0.1, -0.05) is 0 Å². The van der Waals surface area contributed by atoms with Crippen molar-refractivity contribution < 1.29 is 9.53 Å². The number of morpholine rings is 1. The molecule has 1 amide bonds. The van der Waals surface area contributed by atoms with E-state index in [1.165, 1.54) is 0 Å². The van der Waals surface area contributed by atoms with E-state index in [2.05, 4.69) is 32.9 Å². The normalized spacial score (nSPS) is 27.2. The fourth-order valence-corrected chi connectivity index (χ4v) is 3.34. The second-order valence-corrected chi connectivity index (χ2v) is 6.19. The van der Waals surface area contributed by atoms with Gasteiger partial charge in [0.1, 0.15) is 5.69 Å². The maximum Gasteiger partial charge on any atom is 0.273 e. The lowest BCUT2D eigenvalue weighted by molar-refractivity contribution is -0.0894. The Morgan fingerprint density at radius 1 is 1.50 bits per heavy atom. The number of amides is 1. The van der Waals surface area contributed by atoms with Gasteiger partial charge in [-0.05, 0) is 41.5 Å². The number of rotatable bonds is 1. The molecule has 6 heteroatoms. The predicted molar refractivity (Wildman–Crippen MR) is 78.6 cm³/mol. The molecular formula is C14H18BrN3O2. The van der Waals surface area contributed by atoms with Crippen molar-refractivity contribution in [2.45, 2.75) is 18.6 Å². The molecule has 3 rings (SSSR count). The number of nitrogens with zero attached hydrogens (tertiary/aromatic N) is 3. The number of aromatic nitrogens is 1. The zero-order chi connectivity index (χ0) is 14.1. The smallest absolute Gasteiger partial charge is 0.273 e. The van der Waals surface area contributed by atoms with Crippen LogP contribution in [-0.2, 0) is 4.74 Å². The molecule has 5 nitrogen and oxygen atoms in total. The number of piperidine rings is 1. The van der Waals surface area contributed by atoms with Crippen molar-refractivity contribution in [1.82, 2.24) is 14.8 Å². The summed E-state index contributed by atoms with van der Waals surface area (Å²) >= 11 is 3.40. The van der Waals surface area contributed by atoms with E-state index in [1.807, 2.05) is 17.0 Å². The van der Waals surface area contributed by atoms with Gasteiger partial charge >= 0.3 is 0 Å². The number of fused-ring (bicyclic) bond motifs is 1. The number of carbonyl (C=O) groups excluding carboxylic acids is 1. The fraction of sp³-hybridized carbons (Fsp3) is 0.571. The molecule has 1 aromatic heterocycles. The average Bonchev–Trinajstić information content (AvgIpc) is 2.47. The molecule has 2 fully saturated rings. The molecule has 0 radical (unpaired) electrons. The Bertz CT molecular complexity index is 511. The largest absolute Gasteiger partial charge is 0.375 e. The van der Waals surface area contributed by atoms with Crippen LogP contribution in [0.5, 0.6) is 0 Å². The van der Waals surface area contributed by atoms with Crippen LogP contribution in [0, 0.1) is 0 Å². The first-order valence-corrected chi connectivity index (χ1v) is 7.68. The summed E-state index contributed by atoms with van der Waals surface area (Å²) in [6, 6.07) is 3.96. The van der Waals surface area contributed by atoms with Crippen LogP contribution in [0.15, 0.2) is 22.8 Å². The number of pyridine rings is 1. The molecule has 0 N–H and O–H groups in total. The molecule has 2 aliphatic heterocycles. The zero-order valence-corrected chi connectivity index (χ0v) is 13.0. The summed E-state index contributed by atoms with van der Waals surface area (Å²) in [6.07, 6.45) is 2.80. The highest BCUT2D eigenvalue weighted by molar-refractivity contribution is 9.10. The molecule has 1 aromatic rings. The van der Waals surface area contributed by atoms with Crippen LogP contribution in [0.3, 0.4) is 0 Å². The van der Waals surface area contributed by atoms with Gasteiger partial charge in [-0.3, -0.25) is 9.69 Å². The molecule has 0 bridgehead atoms. The maximum absolute atomic E-state index is 12.6. The summed E-state index contributed by atoms with van der Waals surface area (Å²) in [5, 5.41) is 0. The minimum atomic E-state index is -0.00472. The Labute approximate surface area is 127 Å². The van der Waals surface area contributed by atoms with E-state index in [0.717, 1.165) is 30.6 Å². The number of hydrogen-bond acceptors (Lipinski definition) is 4. The van der Waals surface area contributed by atoms with Crippen molar-refractivity contribution in [3.05, 3.63) is 28.5 Å². The van der Waals surface area contributed by atoms with Gasteiger partial charge in [-0.15, -0.1) is 0 Å². The van der Waals surface area contributed by atoms with E-state index in [-0.39, 0.29) is 12.0 Å². The number of likely N-dealkylation sites (tertiary alicyclic amines) is 1. The monoisotopic (exact) mass is 339 g/mol. The average molecular weight is 340 g/mol. The van der Waals surface area contributed by atoms with Crippen molar-refractivity contribution in [3.8, 4) is 0 Å². The summed E-state index contributed by atoms with van der Waals surface area (Å²) in [5.41, 5.74) is 0.491. The van der Waals surface area contributed by atoms with Gasteiger partial charge in [0.2, 0.25) is 0 Å². The van der Waals surface area contributed by atoms with Gasteiger partial charge < -0.3 is 9.64 Å².